The Bertz CT molecular complexity index is 1530. The molecule has 0 unspecified atom stereocenters. The van der Waals surface area contributed by atoms with Crippen LogP contribution in [0.4, 0.5) is 0 Å². The normalized spacial score (nSPS) is 11.0. The first-order valence-electron chi connectivity index (χ1n) is 12.6. The second-order valence-corrected chi connectivity index (χ2v) is 9.89. The Balaban J connectivity index is 1.42. The number of aromatic nitrogens is 2. The molecule has 5 nitrogen and oxygen atoms in total. The van der Waals surface area contributed by atoms with Gasteiger partial charge in [-0.05, 0) is 53.9 Å². The largest absolute Gasteiger partial charge is 0.497 e. The maximum atomic E-state index is 13.6. The lowest BCUT2D eigenvalue weighted by Gasteiger charge is -2.18. The van der Waals surface area contributed by atoms with Crippen LogP contribution in [-0.4, -0.2) is 29.3 Å². The lowest BCUT2D eigenvalue weighted by molar-refractivity contribution is 0.0945. The predicted octanol–water partition coefficient (Wildman–Crippen LogP) is 7.81. The van der Waals surface area contributed by atoms with Gasteiger partial charge >= 0.3 is 0 Å². The molecule has 0 atom stereocenters. The van der Waals surface area contributed by atoms with Gasteiger partial charge in [0.1, 0.15) is 11.4 Å². The van der Waals surface area contributed by atoms with Crippen molar-refractivity contribution >= 4 is 29.1 Å². The lowest BCUT2D eigenvalue weighted by atomic mass is 9.88. The van der Waals surface area contributed by atoms with Gasteiger partial charge in [0.15, 0.2) is 0 Å². The van der Waals surface area contributed by atoms with Gasteiger partial charge in [-0.3, -0.25) is 4.79 Å². The molecule has 5 rings (SSSR count). The number of methoxy groups -OCH3 is 1. The molecule has 39 heavy (non-hydrogen) atoms. The summed E-state index contributed by atoms with van der Waals surface area (Å²) in [5.74, 6) is 0.623. The monoisotopic (exact) mass is 555 g/mol. The second-order valence-electron chi connectivity index (χ2n) is 9.08. The standard InChI is InChI=1S/C32H27Cl2N3O2/c1-39-26-14-8-13-24(19-26)30-21-31(37(36-30)25-15-16-28(33)29(34)20-25)32(38)35-18-17-27(22-9-4-2-5-10-22)23-11-6-3-7-12-23/h2-16,19-21,27H,17-18H2,1H3,(H,35,38). The molecule has 0 aliphatic rings. The maximum Gasteiger partial charge on any atom is 0.270 e. The van der Waals surface area contributed by atoms with Crippen LogP contribution in [0.15, 0.2) is 109 Å². The molecule has 0 aliphatic heterocycles. The minimum Gasteiger partial charge on any atom is -0.497 e. The van der Waals surface area contributed by atoms with Crippen LogP contribution in [0.3, 0.4) is 0 Å². The van der Waals surface area contributed by atoms with Crippen LogP contribution in [0, 0.1) is 0 Å². The van der Waals surface area contributed by atoms with Crippen LogP contribution in [0.5, 0.6) is 5.75 Å². The van der Waals surface area contributed by atoms with Crippen molar-refractivity contribution in [2.45, 2.75) is 12.3 Å². The molecule has 1 amide bonds. The summed E-state index contributed by atoms with van der Waals surface area (Å²) >= 11 is 12.5. The zero-order chi connectivity index (χ0) is 27.2. The summed E-state index contributed by atoms with van der Waals surface area (Å²) in [6.45, 7) is 0.480. The summed E-state index contributed by atoms with van der Waals surface area (Å²) < 4.78 is 6.97. The number of benzene rings is 4. The minimum atomic E-state index is -0.234. The molecule has 0 aliphatic carbocycles. The number of carbonyl (C=O) groups excluding carboxylic acids is 1. The first-order valence-corrected chi connectivity index (χ1v) is 13.4. The average Bonchev–Trinajstić information content (AvgIpc) is 3.43. The summed E-state index contributed by atoms with van der Waals surface area (Å²) in [6, 6.07) is 35.2. The van der Waals surface area contributed by atoms with Crippen molar-refractivity contribution in [3.8, 4) is 22.7 Å². The van der Waals surface area contributed by atoms with E-state index >= 15 is 0 Å². The number of rotatable bonds is 9. The van der Waals surface area contributed by atoms with Crippen LogP contribution >= 0.6 is 23.2 Å². The van der Waals surface area contributed by atoms with E-state index in [9.17, 15) is 4.79 Å². The smallest absolute Gasteiger partial charge is 0.270 e. The molecule has 0 fully saturated rings. The van der Waals surface area contributed by atoms with Gasteiger partial charge in [0.2, 0.25) is 0 Å². The third kappa shape index (κ3) is 6.17. The van der Waals surface area contributed by atoms with Crippen molar-refractivity contribution in [1.29, 1.82) is 0 Å². The van der Waals surface area contributed by atoms with Crippen molar-refractivity contribution in [2.24, 2.45) is 0 Å². The number of hydrogen-bond acceptors (Lipinski definition) is 3. The van der Waals surface area contributed by atoms with Gasteiger partial charge in [-0.2, -0.15) is 5.10 Å². The van der Waals surface area contributed by atoms with Gasteiger partial charge in [-0.25, -0.2) is 4.68 Å². The fourth-order valence-electron chi connectivity index (χ4n) is 4.60. The minimum absolute atomic E-state index is 0.153. The molecular weight excluding hydrogens is 529 g/mol. The van der Waals surface area contributed by atoms with Crippen LogP contribution in [0.25, 0.3) is 16.9 Å². The number of nitrogens with zero attached hydrogens (tertiary/aromatic N) is 2. The van der Waals surface area contributed by atoms with Crippen molar-refractivity contribution < 1.29 is 9.53 Å². The van der Waals surface area contributed by atoms with E-state index < -0.39 is 0 Å². The topological polar surface area (TPSA) is 56.1 Å². The SMILES string of the molecule is COc1cccc(-c2cc(C(=O)NCCC(c3ccccc3)c3ccccc3)n(-c3ccc(Cl)c(Cl)c3)n2)c1. The molecule has 1 aromatic heterocycles. The molecule has 0 saturated heterocycles. The molecule has 7 heteroatoms. The predicted molar refractivity (Wildman–Crippen MR) is 157 cm³/mol. The summed E-state index contributed by atoms with van der Waals surface area (Å²) in [5.41, 5.74) is 4.91. The highest BCUT2D eigenvalue weighted by Crippen LogP contribution is 2.29. The van der Waals surface area contributed by atoms with Crippen LogP contribution < -0.4 is 10.1 Å². The number of amides is 1. The van der Waals surface area contributed by atoms with Crippen LogP contribution in [0.2, 0.25) is 10.0 Å². The second kappa shape index (κ2) is 12.2. The molecule has 1 N–H and O–H groups in total. The van der Waals surface area contributed by atoms with Crippen LogP contribution in [0.1, 0.15) is 34.0 Å². The van der Waals surface area contributed by atoms with E-state index in [1.54, 1.807) is 36.1 Å². The summed E-state index contributed by atoms with van der Waals surface area (Å²) in [5, 5.41) is 8.68. The van der Waals surface area contributed by atoms with Gasteiger partial charge in [-0.1, -0.05) is 96.0 Å². The highest BCUT2D eigenvalue weighted by atomic mass is 35.5. The van der Waals surface area contributed by atoms with E-state index in [-0.39, 0.29) is 11.8 Å². The van der Waals surface area contributed by atoms with Crippen molar-refractivity contribution in [2.75, 3.05) is 13.7 Å². The van der Waals surface area contributed by atoms with E-state index in [0.29, 0.717) is 39.4 Å². The van der Waals surface area contributed by atoms with E-state index in [0.717, 1.165) is 12.0 Å². The molecular formula is C32H27Cl2N3O2. The Kier molecular flexibility index (Phi) is 8.30. The van der Waals surface area contributed by atoms with E-state index in [2.05, 4.69) is 29.6 Å². The first kappa shape index (κ1) is 26.5. The molecule has 1 heterocycles. The fourth-order valence-corrected chi connectivity index (χ4v) is 4.89. The number of ether oxygens (including phenoxy) is 1. The molecule has 4 aromatic carbocycles. The van der Waals surface area contributed by atoms with Gasteiger partial charge < -0.3 is 10.1 Å². The molecule has 196 valence electrons. The zero-order valence-electron chi connectivity index (χ0n) is 21.4. The van der Waals surface area contributed by atoms with E-state index in [1.807, 2.05) is 60.7 Å². The third-order valence-electron chi connectivity index (χ3n) is 6.58. The third-order valence-corrected chi connectivity index (χ3v) is 7.32. The van der Waals surface area contributed by atoms with E-state index in [4.69, 9.17) is 33.0 Å². The number of nitrogens with one attached hydrogen (secondary N) is 1. The van der Waals surface area contributed by atoms with Gasteiger partial charge in [0.05, 0.1) is 28.5 Å². The highest BCUT2D eigenvalue weighted by molar-refractivity contribution is 6.42. The van der Waals surface area contributed by atoms with Gasteiger partial charge in [0, 0.05) is 18.0 Å². The van der Waals surface area contributed by atoms with Gasteiger partial charge in [0.25, 0.3) is 5.91 Å². The maximum absolute atomic E-state index is 13.6. The lowest BCUT2D eigenvalue weighted by Crippen LogP contribution is -2.28. The molecule has 0 spiro atoms. The summed E-state index contributed by atoms with van der Waals surface area (Å²) in [4.78, 5) is 13.6. The highest BCUT2D eigenvalue weighted by Gasteiger charge is 2.20. The van der Waals surface area contributed by atoms with Crippen LogP contribution in [-0.2, 0) is 0 Å². The quantitative estimate of drug-likeness (QED) is 0.202. The Hall–Kier alpha value is -4.06. The van der Waals surface area contributed by atoms with Crippen molar-refractivity contribution in [1.82, 2.24) is 15.1 Å². The van der Waals surface area contributed by atoms with E-state index in [1.165, 1.54) is 11.1 Å². The summed E-state index contributed by atoms with van der Waals surface area (Å²) in [6.07, 6.45) is 0.740. The molecule has 0 saturated carbocycles. The molecule has 5 aromatic rings. The Morgan fingerprint density at radius 2 is 1.54 bits per heavy atom. The number of hydrogen-bond donors (Lipinski definition) is 1. The Morgan fingerprint density at radius 1 is 0.846 bits per heavy atom. The molecule has 0 radical (unpaired) electrons. The summed E-state index contributed by atoms with van der Waals surface area (Å²) in [7, 11) is 1.62. The molecule has 0 bridgehead atoms. The number of carbonyl (C=O) groups is 1. The Labute approximate surface area is 238 Å². The van der Waals surface area contributed by atoms with Gasteiger partial charge in [-0.15, -0.1) is 0 Å². The zero-order valence-corrected chi connectivity index (χ0v) is 22.9. The van der Waals surface area contributed by atoms with Crippen molar-refractivity contribution in [3.63, 3.8) is 0 Å². The fraction of sp³-hybridized carbons (Fsp3) is 0.125. The Morgan fingerprint density at radius 3 is 2.18 bits per heavy atom. The number of halogens is 2. The average molecular weight is 556 g/mol. The van der Waals surface area contributed by atoms with Crippen molar-refractivity contribution in [3.05, 3.63) is 136 Å². The first-order chi connectivity index (χ1) is 19.0.